The number of rotatable bonds is 2. The third-order valence-electron chi connectivity index (χ3n) is 3.03. The van der Waals surface area contributed by atoms with Crippen LogP contribution in [0.3, 0.4) is 0 Å². The maximum absolute atomic E-state index is 12.4. The number of halogens is 1. The zero-order valence-corrected chi connectivity index (χ0v) is 14.1. The summed E-state index contributed by atoms with van der Waals surface area (Å²) in [6, 6.07) is 5.94. The van der Waals surface area contributed by atoms with E-state index >= 15 is 0 Å². The standard InChI is InChI=1S/C15H18ClNO4S/c1-15(2,3)21-14(20)17-11(13(18)19)8-22-12(17)9-4-6-10(16)7-5-9/h4-7,11-12H,8H2,1-3H3,(H,18,19)/p-1/t11-,12-/m0/s1. The molecule has 0 aliphatic carbocycles. The molecule has 0 aromatic heterocycles. The maximum atomic E-state index is 12.4. The summed E-state index contributed by atoms with van der Waals surface area (Å²) in [6.45, 7) is 5.21. The Kier molecular flexibility index (Phi) is 4.92. The van der Waals surface area contributed by atoms with Gasteiger partial charge in [0.05, 0.1) is 12.0 Å². The van der Waals surface area contributed by atoms with E-state index in [2.05, 4.69) is 0 Å². The zero-order valence-electron chi connectivity index (χ0n) is 12.5. The van der Waals surface area contributed by atoms with Gasteiger partial charge in [0.2, 0.25) is 0 Å². The molecule has 0 saturated carbocycles. The van der Waals surface area contributed by atoms with Crippen molar-refractivity contribution in [1.29, 1.82) is 0 Å². The molecule has 5 nitrogen and oxygen atoms in total. The first-order valence-electron chi connectivity index (χ1n) is 6.78. The number of hydrogen-bond donors (Lipinski definition) is 0. The van der Waals surface area contributed by atoms with Crippen molar-refractivity contribution in [1.82, 2.24) is 4.90 Å². The van der Waals surface area contributed by atoms with Crippen LogP contribution in [0.25, 0.3) is 0 Å². The lowest BCUT2D eigenvalue weighted by Crippen LogP contribution is -2.50. The van der Waals surface area contributed by atoms with Gasteiger partial charge >= 0.3 is 6.09 Å². The lowest BCUT2D eigenvalue weighted by atomic mass is 10.2. The number of hydrogen-bond acceptors (Lipinski definition) is 5. The van der Waals surface area contributed by atoms with Gasteiger partial charge in [0.25, 0.3) is 0 Å². The van der Waals surface area contributed by atoms with E-state index in [1.54, 1.807) is 45.0 Å². The Morgan fingerprint density at radius 2 is 1.91 bits per heavy atom. The Morgan fingerprint density at radius 3 is 2.41 bits per heavy atom. The Balaban J connectivity index is 2.30. The molecule has 0 radical (unpaired) electrons. The summed E-state index contributed by atoms with van der Waals surface area (Å²) in [6.07, 6.45) is -0.661. The van der Waals surface area contributed by atoms with Crippen LogP contribution in [-0.4, -0.2) is 34.4 Å². The molecular formula is C15H17ClNO4S-. The number of aliphatic carboxylic acids is 1. The van der Waals surface area contributed by atoms with Crippen molar-refractivity contribution < 1.29 is 19.4 Å². The molecule has 1 saturated heterocycles. The lowest BCUT2D eigenvalue weighted by Gasteiger charge is -2.32. The van der Waals surface area contributed by atoms with Gasteiger partial charge in [0, 0.05) is 10.8 Å². The molecule has 1 aliphatic rings. The van der Waals surface area contributed by atoms with E-state index in [0.29, 0.717) is 5.02 Å². The molecule has 7 heteroatoms. The average Bonchev–Trinajstić information content (AvgIpc) is 2.82. The summed E-state index contributed by atoms with van der Waals surface area (Å²) < 4.78 is 5.33. The first-order chi connectivity index (χ1) is 10.2. The molecule has 0 bridgehead atoms. The molecule has 1 heterocycles. The summed E-state index contributed by atoms with van der Waals surface area (Å²) in [4.78, 5) is 24.9. The number of ether oxygens (including phenoxy) is 1. The number of carbonyl (C=O) groups excluding carboxylic acids is 2. The monoisotopic (exact) mass is 342 g/mol. The summed E-state index contributed by atoms with van der Waals surface area (Å²) >= 11 is 7.23. The van der Waals surface area contributed by atoms with Crippen LogP contribution in [0, 0.1) is 0 Å². The second kappa shape index (κ2) is 6.38. The summed E-state index contributed by atoms with van der Waals surface area (Å²) in [5.41, 5.74) is 0.0924. The molecule has 1 aromatic carbocycles. The molecule has 22 heavy (non-hydrogen) atoms. The second-order valence-electron chi connectivity index (χ2n) is 5.96. The van der Waals surface area contributed by atoms with Crippen molar-refractivity contribution in [2.75, 3.05) is 5.75 Å². The first-order valence-corrected chi connectivity index (χ1v) is 8.21. The van der Waals surface area contributed by atoms with Crippen LogP contribution in [-0.2, 0) is 9.53 Å². The number of thioether (sulfide) groups is 1. The van der Waals surface area contributed by atoms with Crippen LogP contribution in [0.15, 0.2) is 24.3 Å². The van der Waals surface area contributed by atoms with Gasteiger partial charge < -0.3 is 14.6 Å². The zero-order chi connectivity index (χ0) is 16.5. The number of nitrogens with zero attached hydrogens (tertiary/aromatic N) is 1. The van der Waals surface area contributed by atoms with Gasteiger partial charge in [-0.05, 0) is 38.5 Å². The third kappa shape index (κ3) is 3.87. The predicted molar refractivity (Wildman–Crippen MR) is 83.5 cm³/mol. The van der Waals surface area contributed by atoms with E-state index < -0.39 is 29.1 Å². The van der Waals surface area contributed by atoms with Crippen LogP contribution in [0.1, 0.15) is 31.7 Å². The van der Waals surface area contributed by atoms with Crippen LogP contribution in [0.5, 0.6) is 0 Å². The van der Waals surface area contributed by atoms with E-state index in [9.17, 15) is 14.7 Å². The SMILES string of the molecule is CC(C)(C)OC(=O)N1[C@H](C(=O)[O-])CS[C@H]1c1ccc(Cl)cc1. The summed E-state index contributed by atoms with van der Waals surface area (Å²) in [5, 5.41) is 11.5. The van der Waals surface area contributed by atoms with Crippen molar-refractivity contribution >= 4 is 35.4 Å². The van der Waals surface area contributed by atoms with Gasteiger partial charge in [-0.2, -0.15) is 0 Å². The average molecular weight is 343 g/mol. The Labute approximate surface area is 138 Å². The molecule has 2 rings (SSSR count). The number of carboxylic acid groups (broad SMARTS) is 1. The molecule has 0 N–H and O–H groups in total. The molecule has 1 aromatic rings. The first kappa shape index (κ1) is 17.0. The maximum Gasteiger partial charge on any atom is 0.412 e. The molecule has 2 atom stereocenters. The van der Waals surface area contributed by atoms with Gasteiger partial charge in [-0.25, -0.2) is 4.79 Å². The van der Waals surface area contributed by atoms with Gasteiger partial charge in [0.1, 0.15) is 11.0 Å². The van der Waals surface area contributed by atoms with Crippen LogP contribution in [0.4, 0.5) is 4.79 Å². The minimum absolute atomic E-state index is 0.259. The fraction of sp³-hybridized carbons (Fsp3) is 0.467. The largest absolute Gasteiger partial charge is 0.548 e. The van der Waals surface area contributed by atoms with E-state index in [-0.39, 0.29) is 5.75 Å². The van der Waals surface area contributed by atoms with E-state index in [0.717, 1.165) is 5.56 Å². The highest BCUT2D eigenvalue weighted by Crippen LogP contribution is 2.42. The summed E-state index contributed by atoms with van der Waals surface area (Å²) in [7, 11) is 0. The second-order valence-corrected chi connectivity index (χ2v) is 7.51. The van der Waals surface area contributed by atoms with Crippen LogP contribution in [0.2, 0.25) is 5.02 Å². The highest BCUT2D eigenvalue weighted by molar-refractivity contribution is 7.99. The summed E-state index contributed by atoms with van der Waals surface area (Å²) in [5.74, 6) is -1.02. The van der Waals surface area contributed by atoms with Crippen molar-refractivity contribution in [3.05, 3.63) is 34.9 Å². The van der Waals surface area contributed by atoms with E-state index in [1.807, 2.05) is 0 Å². The normalized spacial score (nSPS) is 21.7. The number of benzene rings is 1. The smallest absolute Gasteiger partial charge is 0.412 e. The van der Waals surface area contributed by atoms with Crippen molar-refractivity contribution in [3.8, 4) is 0 Å². The van der Waals surface area contributed by atoms with Crippen molar-refractivity contribution in [2.45, 2.75) is 37.8 Å². The highest BCUT2D eigenvalue weighted by atomic mass is 35.5. The number of carboxylic acids is 1. The number of carbonyl (C=O) groups is 2. The molecule has 1 fully saturated rings. The molecule has 0 spiro atoms. The third-order valence-corrected chi connectivity index (χ3v) is 4.61. The van der Waals surface area contributed by atoms with Gasteiger partial charge in [-0.15, -0.1) is 11.8 Å². The molecular weight excluding hydrogens is 326 g/mol. The molecule has 0 unspecified atom stereocenters. The molecule has 120 valence electrons. The van der Waals surface area contributed by atoms with Gasteiger partial charge in [-0.3, -0.25) is 4.90 Å². The van der Waals surface area contributed by atoms with Crippen LogP contribution >= 0.6 is 23.4 Å². The Morgan fingerprint density at radius 1 is 1.32 bits per heavy atom. The molecule has 1 amide bonds. The van der Waals surface area contributed by atoms with Crippen LogP contribution < -0.4 is 5.11 Å². The minimum atomic E-state index is -1.28. The predicted octanol–water partition coefficient (Wildman–Crippen LogP) is 2.44. The minimum Gasteiger partial charge on any atom is -0.548 e. The number of amides is 1. The fourth-order valence-electron chi connectivity index (χ4n) is 2.11. The van der Waals surface area contributed by atoms with Crippen molar-refractivity contribution in [3.63, 3.8) is 0 Å². The quantitative estimate of drug-likeness (QED) is 0.825. The topological polar surface area (TPSA) is 69.7 Å². The highest BCUT2D eigenvalue weighted by Gasteiger charge is 2.41. The Hall–Kier alpha value is -1.40. The lowest BCUT2D eigenvalue weighted by molar-refractivity contribution is -0.310. The fourth-order valence-corrected chi connectivity index (χ4v) is 3.64. The molecule has 1 aliphatic heterocycles. The van der Waals surface area contributed by atoms with Gasteiger partial charge in [-0.1, -0.05) is 23.7 Å². The van der Waals surface area contributed by atoms with E-state index in [4.69, 9.17) is 16.3 Å². The van der Waals surface area contributed by atoms with Gasteiger partial charge in [0.15, 0.2) is 0 Å². The Bertz CT molecular complexity index is 570. The van der Waals surface area contributed by atoms with E-state index in [1.165, 1.54) is 16.7 Å². The van der Waals surface area contributed by atoms with Crippen molar-refractivity contribution in [2.24, 2.45) is 0 Å².